The smallest absolute Gasteiger partial charge is 0.324 e. The van der Waals surface area contributed by atoms with Gasteiger partial charge in [-0.2, -0.15) is 0 Å². The van der Waals surface area contributed by atoms with Crippen molar-refractivity contribution < 1.29 is 9.72 Å². The van der Waals surface area contributed by atoms with Crippen molar-refractivity contribution in [2.24, 2.45) is 0 Å². The molecule has 0 radical (unpaired) electrons. The second-order valence-electron chi connectivity index (χ2n) is 3.28. The highest BCUT2D eigenvalue weighted by Crippen LogP contribution is 2.24. The number of rotatable bonds is 4. The molecule has 2 aromatic heterocycles. The Hall–Kier alpha value is -1.25. The summed E-state index contributed by atoms with van der Waals surface area (Å²) < 4.78 is 0.999. The van der Waals surface area contributed by atoms with Crippen LogP contribution in [0.25, 0.3) is 0 Å². The van der Waals surface area contributed by atoms with Crippen LogP contribution in [0.2, 0.25) is 0 Å². The molecular formula is C10H7BrN2O3S2. The number of amides is 1. The van der Waals surface area contributed by atoms with Crippen LogP contribution in [0.3, 0.4) is 0 Å². The van der Waals surface area contributed by atoms with Crippen molar-refractivity contribution in [1.82, 2.24) is 5.32 Å². The van der Waals surface area contributed by atoms with Crippen molar-refractivity contribution in [2.75, 3.05) is 0 Å². The van der Waals surface area contributed by atoms with Gasteiger partial charge in [0, 0.05) is 10.9 Å². The largest absolute Gasteiger partial charge is 0.346 e. The Bertz CT molecular complexity index is 593. The molecule has 0 aliphatic heterocycles. The van der Waals surface area contributed by atoms with E-state index in [1.165, 1.54) is 23.5 Å². The van der Waals surface area contributed by atoms with Crippen LogP contribution in [-0.4, -0.2) is 10.8 Å². The molecule has 5 nitrogen and oxygen atoms in total. The lowest BCUT2D eigenvalue weighted by atomic mass is 10.4. The number of nitrogens with one attached hydrogen (secondary N) is 1. The molecule has 0 unspecified atom stereocenters. The molecule has 0 aliphatic carbocycles. The van der Waals surface area contributed by atoms with E-state index in [0.717, 1.165) is 20.0 Å². The monoisotopic (exact) mass is 346 g/mol. The molecule has 8 heteroatoms. The van der Waals surface area contributed by atoms with Gasteiger partial charge in [-0.1, -0.05) is 11.3 Å². The number of nitrogens with zero attached hydrogens (tertiary/aromatic N) is 1. The van der Waals surface area contributed by atoms with E-state index in [4.69, 9.17) is 0 Å². The summed E-state index contributed by atoms with van der Waals surface area (Å²) in [5.74, 6) is -0.294. The topological polar surface area (TPSA) is 72.2 Å². The molecule has 2 heterocycles. The molecule has 0 aliphatic rings. The van der Waals surface area contributed by atoms with E-state index in [0.29, 0.717) is 11.4 Å². The Kier molecular flexibility index (Phi) is 4.10. The summed E-state index contributed by atoms with van der Waals surface area (Å²) in [5.41, 5.74) is 0. The molecule has 1 N–H and O–H groups in total. The first-order valence-corrected chi connectivity index (χ1v) is 7.25. The lowest BCUT2D eigenvalue weighted by Gasteiger charge is -2.00. The number of thiophene rings is 2. The number of carbonyl (C=O) groups is 1. The normalized spacial score (nSPS) is 10.3. The van der Waals surface area contributed by atoms with Crippen LogP contribution in [0.4, 0.5) is 5.00 Å². The van der Waals surface area contributed by atoms with Gasteiger partial charge < -0.3 is 5.32 Å². The van der Waals surface area contributed by atoms with Gasteiger partial charge in [0.2, 0.25) is 0 Å². The maximum atomic E-state index is 11.7. The number of carbonyl (C=O) groups excluding carboxylic acids is 1. The maximum Gasteiger partial charge on any atom is 0.324 e. The molecule has 0 saturated carbocycles. The molecule has 0 atom stereocenters. The molecule has 0 aromatic carbocycles. The molecule has 0 spiro atoms. The number of hydrogen-bond donors (Lipinski definition) is 1. The van der Waals surface area contributed by atoms with Gasteiger partial charge in [0.05, 0.1) is 20.1 Å². The van der Waals surface area contributed by atoms with E-state index in [1.807, 2.05) is 12.1 Å². The molecule has 2 aromatic rings. The fourth-order valence-electron chi connectivity index (χ4n) is 1.25. The minimum atomic E-state index is -0.502. The van der Waals surface area contributed by atoms with Crippen molar-refractivity contribution >= 4 is 49.5 Å². The zero-order chi connectivity index (χ0) is 13.1. The Morgan fingerprint density at radius 1 is 1.33 bits per heavy atom. The van der Waals surface area contributed by atoms with Crippen LogP contribution >= 0.6 is 38.6 Å². The van der Waals surface area contributed by atoms with Gasteiger partial charge in [0.25, 0.3) is 5.91 Å². The highest BCUT2D eigenvalue weighted by molar-refractivity contribution is 9.11. The Balaban J connectivity index is 1.97. The highest BCUT2D eigenvalue weighted by Gasteiger charge is 2.14. The van der Waals surface area contributed by atoms with Gasteiger partial charge >= 0.3 is 5.00 Å². The van der Waals surface area contributed by atoms with Gasteiger partial charge in [0.1, 0.15) is 0 Å². The third-order valence-corrected chi connectivity index (χ3v) is 4.71. The van der Waals surface area contributed by atoms with Crippen LogP contribution < -0.4 is 5.32 Å². The minimum absolute atomic E-state index is 0.0287. The zero-order valence-corrected chi connectivity index (χ0v) is 12.1. The van der Waals surface area contributed by atoms with E-state index in [1.54, 1.807) is 0 Å². The summed E-state index contributed by atoms with van der Waals surface area (Å²) in [5, 5.41) is 13.2. The molecule has 0 bridgehead atoms. The summed E-state index contributed by atoms with van der Waals surface area (Å²) in [6.07, 6.45) is 0. The van der Waals surface area contributed by atoms with Crippen LogP contribution in [-0.2, 0) is 6.54 Å². The SMILES string of the molecule is O=C(NCc1ccc(Br)s1)c1ccc([N+](=O)[O-])s1. The average Bonchev–Trinajstić information content (AvgIpc) is 2.94. The van der Waals surface area contributed by atoms with Crippen LogP contribution in [0.15, 0.2) is 28.1 Å². The van der Waals surface area contributed by atoms with E-state index in [9.17, 15) is 14.9 Å². The summed E-state index contributed by atoms with van der Waals surface area (Å²) in [6.45, 7) is 0.417. The van der Waals surface area contributed by atoms with Gasteiger partial charge in [-0.15, -0.1) is 11.3 Å². The Morgan fingerprint density at radius 3 is 2.67 bits per heavy atom. The maximum absolute atomic E-state index is 11.7. The first-order chi connectivity index (χ1) is 8.56. The van der Waals surface area contributed by atoms with E-state index in [-0.39, 0.29) is 10.9 Å². The molecule has 1 amide bonds. The predicted octanol–water partition coefficient (Wildman–Crippen LogP) is 3.41. The Labute approximate surface area is 119 Å². The number of nitro groups is 1. The van der Waals surface area contributed by atoms with Gasteiger partial charge in [-0.3, -0.25) is 14.9 Å². The molecule has 0 saturated heterocycles. The fraction of sp³-hybridized carbons (Fsp3) is 0.100. The molecule has 94 valence electrons. The second-order valence-corrected chi connectivity index (χ2v) is 6.89. The van der Waals surface area contributed by atoms with Crippen molar-refractivity contribution in [2.45, 2.75) is 6.54 Å². The number of halogens is 1. The number of hydrogen-bond acceptors (Lipinski definition) is 5. The van der Waals surface area contributed by atoms with E-state index >= 15 is 0 Å². The van der Waals surface area contributed by atoms with Gasteiger partial charge in [-0.25, -0.2) is 0 Å². The summed E-state index contributed by atoms with van der Waals surface area (Å²) in [6, 6.07) is 6.61. The third kappa shape index (κ3) is 3.15. The minimum Gasteiger partial charge on any atom is -0.346 e. The Morgan fingerprint density at radius 2 is 2.11 bits per heavy atom. The summed E-state index contributed by atoms with van der Waals surface area (Å²) in [7, 11) is 0. The second kappa shape index (κ2) is 5.59. The lowest BCUT2D eigenvalue weighted by molar-refractivity contribution is -0.380. The predicted molar refractivity (Wildman–Crippen MR) is 74.2 cm³/mol. The van der Waals surface area contributed by atoms with Crippen molar-refractivity contribution in [3.8, 4) is 0 Å². The molecule has 18 heavy (non-hydrogen) atoms. The van der Waals surface area contributed by atoms with Crippen LogP contribution in [0, 0.1) is 10.1 Å². The van der Waals surface area contributed by atoms with Gasteiger partial charge in [-0.05, 0) is 34.1 Å². The third-order valence-electron chi connectivity index (χ3n) is 2.05. The fourth-order valence-corrected chi connectivity index (χ4v) is 3.41. The summed E-state index contributed by atoms with van der Waals surface area (Å²) in [4.78, 5) is 23.1. The molecule has 0 fully saturated rings. The first-order valence-electron chi connectivity index (χ1n) is 4.83. The van der Waals surface area contributed by atoms with Gasteiger partial charge in [0.15, 0.2) is 0 Å². The first kappa shape index (κ1) is 13.2. The van der Waals surface area contributed by atoms with E-state index in [2.05, 4.69) is 21.2 Å². The average molecular weight is 347 g/mol. The van der Waals surface area contributed by atoms with Crippen LogP contribution in [0.5, 0.6) is 0 Å². The van der Waals surface area contributed by atoms with Crippen molar-refractivity contribution in [3.05, 3.63) is 47.9 Å². The van der Waals surface area contributed by atoms with Crippen LogP contribution in [0.1, 0.15) is 14.5 Å². The highest BCUT2D eigenvalue weighted by atomic mass is 79.9. The quantitative estimate of drug-likeness (QED) is 0.680. The lowest BCUT2D eigenvalue weighted by Crippen LogP contribution is -2.21. The standard InChI is InChI=1S/C10H7BrN2O3S2/c11-8-3-1-6(17-8)5-12-10(14)7-2-4-9(18-7)13(15)16/h1-4H,5H2,(H,12,14). The van der Waals surface area contributed by atoms with Crippen molar-refractivity contribution in [3.63, 3.8) is 0 Å². The van der Waals surface area contributed by atoms with E-state index < -0.39 is 4.92 Å². The molecule has 2 rings (SSSR count). The zero-order valence-electron chi connectivity index (χ0n) is 8.88. The van der Waals surface area contributed by atoms with Crippen molar-refractivity contribution in [1.29, 1.82) is 0 Å². The molecular weight excluding hydrogens is 340 g/mol. The summed E-state index contributed by atoms with van der Waals surface area (Å²) >= 11 is 5.74.